The van der Waals surface area contributed by atoms with Crippen molar-refractivity contribution in [3.05, 3.63) is 84.9 Å². The molecule has 22 heavy (non-hydrogen) atoms. The number of rotatable bonds is 4. The maximum Gasteiger partial charge on any atom is 0.0367 e. The van der Waals surface area contributed by atoms with Gasteiger partial charge in [0.15, 0.2) is 0 Å². The van der Waals surface area contributed by atoms with Gasteiger partial charge in [-0.3, -0.25) is 0 Å². The summed E-state index contributed by atoms with van der Waals surface area (Å²) < 4.78 is 0. The monoisotopic (exact) mass is 305 g/mol. The number of nitrogens with zero attached hydrogens (tertiary/aromatic N) is 1. The van der Waals surface area contributed by atoms with Crippen molar-refractivity contribution in [3.63, 3.8) is 0 Å². The lowest BCUT2D eigenvalue weighted by molar-refractivity contribution is 1.13. The smallest absolute Gasteiger partial charge is 0.0367 e. The summed E-state index contributed by atoms with van der Waals surface area (Å²) in [5, 5.41) is 4.16. The van der Waals surface area contributed by atoms with E-state index in [0.29, 0.717) is 0 Å². The molecule has 0 amide bonds. The van der Waals surface area contributed by atoms with E-state index in [0.717, 1.165) is 0 Å². The van der Waals surface area contributed by atoms with E-state index in [9.17, 15) is 0 Å². The average Bonchev–Trinajstić information content (AvgIpc) is 2.57. The van der Waals surface area contributed by atoms with Gasteiger partial charge in [0.25, 0.3) is 0 Å². The summed E-state index contributed by atoms with van der Waals surface area (Å²) in [5.41, 5.74) is 1.25. The Balaban J connectivity index is 2.12. The molecule has 110 valence electrons. The Bertz CT molecular complexity index is 683. The van der Waals surface area contributed by atoms with Crippen molar-refractivity contribution in [1.82, 2.24) is 0 Å². The standard InChI is InChI=1S/C20H20NP/c1-21(2)17-10-9-15-20(16-17)22(18-11-5-3-6-12-18)19-13-7-4-8-14-19/h3-16H,1-2H3. The first-order valence-electron chi connectivity index (χ1n) is 7.43. The van der Waals surface area contributed by atoms with E-state index in [-0.39, 0.29) is 0 Å². The van der Waals surface area contributed by atoms with Gasteiger partial charge in [-0.2, -0.15) is 0 Å². The number of hydrogen-bond donors (Lipinski definition) is 0. The van der Waals surface area contributed by atoms with Crippen LogP contribution in [0.3, 0.4) is 0 Å². The van der Waals surface area contributed by atoms with E-state index in [1.165, 1.54) is 21.6 Å². The van der Waals surface area contributed by atoms with Gasteiger partial charge in [0.05, 0.1) is 0 Å². The maximum absolute atomic E-state index is 2.31. The molecule has 0 spiro atoms. The molecule has 2 heteroatoms. The van der Waals surface area contributed by atoms with Crippen molar-refractivity contribution in [3.8, 4) is 0 Å². The number of anilines is 1. The Kier molecular flexibility index (Phi) is 4.56. The molecule has 0 bridgehead atoms. The molecule has 0 N–H and O–H groups in total. The van der Waals surface area contributed by atoms with Gasteiger partial charge >= 0.3 is 0 Å². The summed E-state index contributed by atoms with van der Waals surface area (Å²) in [5.74, 6) is 0. The first-order valence-corrected chi connectivity index (χ1v) is 8.77. The summed E-state index contributed by atoms with van der Waals surface area (Å²) in [6.07, 6.45) is 0. The first kappa shape index (κ1) is 14.8. The molecule has 0 atom stereocenters. The second-order valence-corrected chi connectivity index (χ2v) is 7.64. The fourth-order valence-electron chi connectivity index (χ4n) is 2.51. The summed E-state index contributed by atoms with van der Waals surface area (Å²) in [4.78, 5) is 2.16. The highest BCUT2D eigenvalue weighted by atomic mass is 31.1. The third kappa shape index (κ3) is 3.21. The van der Waals surface area contributed by atoms with Crippen molar-refractivity contribution in [2.75, 3.05) is 19.0 Å². The van der Waals surface area contributed by atoms with Crippen LogP contribution in [0, 0.1) is 0 Å². The highest BCUT2D eigenvalue weighted by Crippen LogP contribution is 2.33. The third-order valence-electron chi connectivity index (χ3n) is 3.63. The van der Waals surface area contributed by atoms with Crippen molar-refractivity contribution >= 4 is 29.5 Å². The minimum atomic E-state index is -0.514. The molecule has 0 aliphatic rings. The van der Waals surface area contributed by atoms with E-state index in [1.54, 1.807) is 0 Å². The SMILES string of the molecule is CN(C)c1cccc(P(c2ccccc2)c2ccccc2)c1. The van der Waals surface area contributed by atoms with Crippen LogP contribution < -0.4 is 20.8 Å². The molecule has 0 fully saturated rings. The molecule has 0 radical (unpaired) electrons. The molecule has 0 heterocycles. The minimum absolute atomic E-state index is 0.514. The Labute approximate surface area is 134 Å². The molecule has 0 saturated carbocycles. The third-order valence-corrected chi connectivity index (χ3v) is 6.06. The fourth-order valence-corrected chi connectivity index (χ4v) is 4.84. The Morgan fingerprint density at radius 1 is 0.591 bits per heavy atom. The first-order chi connectivity index (χ1) is 10.8. The van der Waals surface area contributed by atoms with E-state index in [2.05, 4.69) is 104 Å². The van der Waals surface area contributed by atoms with Crippen LogP contribution in [0.25, 0.3) is 0 Å². The summed E-state index contributed by atoms with van der Waals surface area (Å²) in [6, 6.07) is 30.5. The second-order valence-electron chi connectivity index (χ2n) is 5.42. The van der Waals surface area contributed by atoms with Crippen LogP contribution in [0.1, 0.15) is 0 Å². The summed E-state index contributed by atoms with van der Waals surface area (Å²) in [7, 11) is 3.67. The lowest BCUT2D eigenvalue weighted by Crippen LogP contribution is -2.21. The molecule has 0 aliphatic carbocycles. The van der Waals surface area contributed by atoms with Gasteiger partial charge in [-0.25, -0.2) is 0 Å². The summed E-state index contributed by atoms with van der Waals surface area (Å²) >= 11 is 0. The number of hydrogen-bond acceptors (Lipinski definition) is 1. The van der Waals surface area contributed by atoms with Crippen LogP contribution in [-0.4, -0.2) is 14.1 Å². The zero-order chi connectivity index (χ0) is 15.4. The fraction of sp³-hybridized carbons (Fsp3) is 0.100. The van der Waals surface area contributed by atoms with Crippen molar-refractivity contribution in [2.24, 2.45) is 0 Å². The highest BCUT2D eigenvalue weighted by molar-refractivity contribution is 7.79. The Hall–Kier alpha value is -2.11. The quantitative estimate of drug-likeness (QED) is 0.667. The number of benzene rings is 3. The molecular weight excluding hydrogens is 285 g/mol. The van der Waals surface area contributed by atoms with Gasteiger partial charge in [0.1, 0.15) is 0 Å². The molecule has 1 nitrogen and oxygen atoms in total. The molecule has 0 aromatic heterocycles. The Morgan fingerprint density at radius 2 is 1.09 bits per heavy atom. The molecule has 3 aromatic carbocycles. The van der Waals surface area contributed by atoms with Crippen molar-refractivity contribution in [2.45, 2.75) is 0 Å². The van der Waals surface area contributed by atoms with E-state index >= 15 is 0 Å². The second kappa shape index (κ2) is 6.77. The maximum atomic E-state index is 2.31. The normalized spacial score (nSPS) is 10.7. The zero-order valence-corrected chi connectivity index (χ0v) is 13.9. The van der Waals surface area contributed by atoms with Gasteiger partial charge in [-0.05, 0) is 36.0 Å². The topological polar surface area (TPSA) is 3.24 Å². The Morgan fingerprint density at radius 3 is 1.59 bits per heavy atom. The van der Waals surface area contributed by atoms with Crippen LogP contribution >= 0.6 is 7.92 Å². The van der Waals surface area contributed by atoms with E-state index < -0.39 is 7.92 Å². The van der Waals surface area contributed by atoms with Crippen LogP contribution in [0.5, 0.6) is 0 Å². The molecule has 3 aromatic rings. The molecule has 0 unspecified atom stereocenters. The largest absolute Gasteiger partial charge is 0.378 e. The van der Waals surface area contributed by atoms with Gasteiger partial charge in [0, 0.05) is 19.8 Å². The minimum Gasteiger partial charge on any atom is -0.378 e. The molecular formula is C20H20NP. The van der Waals surface area contributed by atoms with Gasteiger partial charge in [0.2, 0.25) is 0 Å². The molecule has 0 aliphatic heterocycles. The highest BCUT2D eigenvalue weighted by Gasteiger charge is 2.16. The predicted octanol–water partition coefficient (Wildman–Crippen LogP) is 3.51. The molecule has 3 rings (SSSR count). The van der Waals surface area contributed by atoms with Gasteiger partial charge < -0.3 is 4.90 Å². The van der Waals surface area contributed by atoms with Gasteiger partial charge in [-0.1, -0.05) is 72.8 Å². The lowest BCUT2D eigenvalue weighted by atomic mass is 10.3. The van der Waals surface area contributed by atoms with Crippen LogP contribution in [0.15, 0.2) is 84.9 Å². The van der Waals surface area contributed by atoms with Gasteiger partial charge in [-0.15, -0.1) is 0 Å². The average molecular weight is 305 g/mol. The van der Waals surface area contributed by atoms with E-state index in [1.807, 2.05) is 0 Å². The molecule has 0 saturated heterocycles. The van der Waals surface area contributed by atoms with Crippen molar-refractivity contribution in [1.29, 1.82) is 0 Å². The summed E-state index contributed by atoms with van der Waals surface area (Å²) in [6.45, 7) is 0. The zero-order valence-electron chi connectivity index (χ0n) is 13.0. The van der Waals surface area contributed by atoms with Crippen molar-refractivity contribution < 1.29 is 0 Å². The van der Waals surface area contributed by atoms with Crippen LogP contribution in [0.2, 0.25) is 0 Å². The lowest BCUT2D eigenvalue weighted by Gasteiger charge is -2.21. The predicted molar refractivity (Wildman–Crippen MR) is 99.5 cm³/mol. The van der Waals surface area contributed by atoms with Crippen LogP contribution in [0.4, 0.5) is 5.69 Å². The van der Waals surface area contributed by atoms with Crippen LogP contribution in [-0.2, 0) is 0 Å². The van der Waals surface area contributed by atoms with E-state index in [4.69, 9.17) is 0 Å².